The van der Waals surface area contributed by atoms with Crippen LogP contribution in [-0.4, -0.2) is 50.3 Å². The number of hydrogen-bond acceptors (Lipinski definition) is 5. The molecule has 2 aliphatic heterocycles. The Morgan fingerprint density at radius 3 is 2.83 bits per heavy atom. The second kappa shape index (κ2) is 6.45. The van der Waals surface area contributed by atoms with Crippen molar-refractivity contribution in [2.45, 2.75) is 12.5 Å². The summed E-state index contributed by atoms with van der Waals surface area (Å²) < 4.78 is 16.5. The molecule has 126 valence electrons. The molecule has 2 aliphatic rings. The number of hydrogen-bond donors (Lipinski definition) is 0. The van der Waals surface area contributed by atoms with Crippen LogP contribution in [0, 0.1) is 0 Å². The van der Waals surface area contributed by atoms with Gasteiger partial charge in [-0.3, -0.25) is 4.79 Å². The number of benzene rings is 1. The molecule has 1 atom stereocenters. The molecular formula is C18H19NO4S. The van der Waals surface area contributed by atoms with E-state index in [4.69, 9.17) is 14.2 Å². The molecule has 1 aromatic heterocycles. The number of thiophene rings is 1. The Hall–Kier alpha value is -2.05. The minimum atomic E-state index is 0.0864. The van der Waals surface area contributed by atoms with Crippen molar-refractivity contribution in [1.29, 1.82) is 0 Å². The van der Waals surface area contributed by atoms with Crippen LogP contribution in [0.5, 0.6) is 11.5 Å². The van der Waals surface area contributed by atoms with Gasteiger partial charge in [-0.25, -0.2) is 0 Å². The van der Waals surface area contributed by atoms with Crippen LogP contribution in [0.2, 0.25) is 0 Å². The molecule has 0 unspecified atom stereocenters. The number of ether oxygens (including phenoxy) is 3. The van der Waals surface area contributed by atoms with Gasteiger partial charge in [0.2, 0.25) is 0 Å². The summed E-state index contributed by atoms with van der Waals surface area (Å²) in [6.45, 7) is 2.59. The fourth-order valence-electron chi connectivity index (χ4n) is 3.07. The summed E-state index contributed by atoms with van der Waals surface area (Å²) in [4.78, 5) is 16.3. The van der Waals surface area contributed by atoms with Gasteiger partial charge in [0.1, 0.15) is 13.2 Å². The van der Waals surface area contributed by atoms with Crippen LogP contribution in [0.3, 0.4) is 0 Å². The highest BCUT2D eigenvalue weighted by Gasteiger charge is 2.27. The molecule has 2 aromatic rings. The fraction of sp³-hybridized carbons (Fsp3) is 0.389. The van der Waals surface area contributed by atoms with Crippen LogP contribution in [0.25, 0.3) is 10.4 Å². The normalized spacial score (nSPS) is 19.5. The van der Waals surface area contributed by atoms with Crippen LogP contribution in [-0.2, 0) is 4.74 Å². The Morgan fingerprint density at radius 1 is 1.21 bits per heavy atom. The Balaban J connectivity index is 1.53. The highest BCUT2D eigenvalue weighted by molar-refractivity contribution is 7.17. The Morgan fingerprint density at radius 2 is 2.04 bits per heavy atom. The minimum Gasteiger partial charge on any atom is -0.486 e. The van der Waals surface area contributed by atoms with E-state index in [2.05, 4.69) is 0 Å². The second-order valence-electron chi connectivity index (χ2n) is 5.92. The molecule has 6 heteroatoms. The molecule has 5 nitrogen and oxygen atoms in total. The number of nitrogens with zero attached hydrogens (tertiary/aromatic N) is 1. The van der Waals surface area contributed by atoms with E-state index < -0.39 is 0 Å². The van der Waals surface area contributed by atoms with Crippen molar-refractivity contribution >= 4 is 17.2 Å². The fourth-order valence-corrected chi connectivity index (χ4v) is 4.04. The van der Waals surface area contributed by atoms with Crippen molar-refractivity contribution in [2.24, 2.45) is 0 Å². The number of carbonyl (C=O) groups excluding carboxylic acids is 1. The van der Waals surface area contributed by atoms with Crippen molar-refractivity contribution in [2.75, 3.05) is 33.4 Å². The molecule has 0 radical (unpaired) electrons. The molecule has 0 spiro atoms. The van der Waals surface area contributed by atoms with Crippen molar-refractivity contribution in [3.8, 4) is 21.9 Å². The Bertz CT molecular complexity index is 757. The highest BCUT2D eigenvalue weighted by atomic mass is 32.1. The molecular weight excluding hydrogens is 326 g/mol. The summed E-state index contributed by atoms with van der Waals surface area (Å²) in [6, 6.07) is 9.80. The zero-order valence-corrected chi connectivity index (χ0v) is 14.3. The molecule has 1 aromatic carbocycles. The molecule has 1 fully saturated rings. The van der Waals surface area contributed by atoms with Gasteiger partial charge in [0.25, 0.3) is 5.91 Å². The average Bonchev–Trinajstić information content (AvgIpc) is 3.30. The topological polar surface area (TPSA) is 48.0 Å². The number of amides is 1. The molecule has 1 amide bonds. The highest BCUT2D eigenvalue weighted by Crippen LogP contribution is 2.37. The molecule has 0 saturated carbocycles. The van der Waals surface area contributed by atoms with Gasteiger partial charge >= 0.3 is 0 Å². The standard InChI is InChI=1S/C18H19NO4S/c1-21-13-6-7-19(11-13)18(20)17-5-4-16(24-17)12-2-3-14-15(10-12)23-9-8-22-14/h2-5,10,13H,6-9,11H2,1H3/t13-/m1/s1. The lowest BCUT2D eigenvalue weighted by Gasteiger charge is -2.18. The van der Waals surface area contributed by atoms with Gasteiger partial charge in [-0.2, -0.15) is 0 Å². The van der Waals surface area contributed by atoms with Crippen LogP contribution < -0.4 is 9.47 Å². The number of methoxy groups -OCH3 is 1. The number of carbonyl (C=O) groups is 1. The second-order valence-corrected chi connectivity index (χ2v) is 7.00. The van der Waals surface area contributed by atoms with Gasteiger partial charge in [-0.05, 0) is 42.3 Å². The first-order valence-corrected chi connectivity index (χ1v) is 8.88. The third-order valence-electron chi connectivity index (χ3n) is 4.41. The SMILES string of the molecule is CO[C@@H]1CCN(C(=O)c2ccc(-c3ccc4c(c3)OCCO4)s2)C1. The predicted molar refractivity (Wildman–Crippen MR) is 92.1 cm³/mol. The maximum Gasteiger partial charge on any atom is 0.264 e. The smallest absolute Gasteiger partial charge is 0.264 e. The summed E-state index contributed by atoms with van der Waals surface area (Å²) in [6.07, 6.45) is 1.06. The Labute approximate surface area is 144 Å². The molecule has 3 heterocycles. The summed E-state index contributed by atoms with van der Waals surface area (Å²) in [5, 5.41) is 0. The quantitative estimate of drug-likeness (QED) is 0.858. The zero-order chi connectivity index (χ0) is 16.5. The number of fused-ring (bicyclic) bond motifs is 1. The van der Waals surface area contributed by atoms with E-state index in [1.807, 2.05) is 35.2 Å². The molecule has 1 saturated heterocycles. The number of likely N-dealkylation sites (tertiary alicyclic amines) is 1. The van der Waals surface area contributed by atoms with E-state index in [1.165, 1.54) is 11.3 Å². The first kappa shape index (κ1) is 15.5. The lowest BCUT2D eigenvalue weighted by atomic mass is 10.1. The zero-order valence-electron chi connectivity index (χ0n) is 13.5. The summed E-state index contributed by atoms with van der Waals surface area (Å²) in [7, 11) is 1.70. The van der Waals surface area contributed by atoms with Gasteiger partial charge in [-0.1, -0.05) is 0 Å². The van der Waals surface area contributed by atoms with Crippen molar-refractivity contribution in [3.05, 3.63) is 35.2 Å². The summed E-state index contributed by atoms with van der Waals surface area (Å²) in [5.41, 5.74) is 1.04. The molecule has 0 bridgehead atoms. The molecule has 24 heavy (non-hydrogen) atoms. The monoisotopic (exact) mass is 345 g/mol. The first-order chi connectivity index (χ1) is 11.7. The third-order valence-corrected chi connectivity index (χ3v) is 5.53. The third kappa shape index (κ3) is 2.87. The van der Waals surface area contributed by atoms with Gasteiger partial charge in [0, 0.05) is 25.1 Å². The van der Waals surface area contributed by atoms with Gasteiger partial charge in [0.15, 0.2) is 11.5 Å². The average molecular weight is 345 g/mol. The summed E-state index contributed by atoms with van der Waals surface area (Å²) >= 11 is 1.51. The molecule has 4 rings (SSSR count). The van der Waals surface area contributed by atoms with Crippen LogP contribution in [0.15, 0.2) is 30.3 Å². The van der Waals surface area contributed by atoms with E-state index >= 15 is 0 Å². The van der Waals surface area contributed by atoms with Gasteiger partial charge in [0.05, 0.1) is 11.0 Å². The van der Waals surface area contributed by atoms with E-state index in [1.54, 1.807) is 7.11 Å². The summed E-state index contributed by atoms with van der Waals surface area (Å²) in [5.74, 6) is 1.63. The lowest BCUT2D eigenvalue weighted by molar-refractivity contribution is 0.0728. The van der Waals surface area contributed by atoms with Crippen LogP contribution in [0.4, 0.5) is 0 Å². The maximum absolute atomic E-state index is 12.6. The largest absolute Gasteiger partial charge is 0.486 e. The van der Waals surface area contributed by atoms with Crippen molar-refractivity contribution < 1.29 is 19.0 Å². The van der Waals surface area contributed by atoms with Crippen LogP contribution >= 0.6 is 11.3 Å². The van der Waals surface area contributed by atoms with E-state index in [9.17, 15) is 4.79 Å². The Kier molecular flexibility index (Phi) is 4.16. The van der Waals surface area contributed by atoms with Crippen molar-refractivity contribution in [3.63, 3.8) is 0 Å². The van der Waals surface area contributed by atoms with Crippen LogP contribution in [0.1, 0.15) is 16.1 Å². The minimum absolute atomic E-state index is 0.0864. The molecule has 0 N–H and O–H groups in total. The first-order valence-electron chi connectivity index (χ1n) is 8.06. The molecule has 0 aliphatic carbocycles. The lowest BCUT2D eigenvalue weighted by Crippen LogP contribution is -2.29. The van der Waals surface area contributed by atoms with E-state index in [0.717, 1.165) is 39.8 Å². The van der Waals surface area contributed by atoms with Gasteiger partial charge in [-0.15, -0.1) is 11.3 Å². The van der Waals surface area contributed by atoms with Gasteiger partial charge < -0.3 is 19.1 Å². The van der Waals surface area contributed by atoms with Crippen molar-refractivity contribution in [1.82, 2.24) is 4.90 Å². The van der Waals surface area contributed by atoms with E-state index in [-0.39, 0.29) is 12.0 Å². The van der Waals surface area contributed by atoms with E-state index in [0.29, 0.717) is 19.8 Å². The predicted octanol–water partition coefficient (Wildman–Crippen LogP) is 3.05. The number of rotatable bonds is 3. The maximum atomic E-state index is 12.6.